The maximum atomic E-state index is 12.7. The van der Waals surface area contributed by atoms with Crippen LogP contribution in [0.1, 0.15) is 22.2 Å². The Morgan fingerprint density at radius 3 is 2.53 bits per heavy atom. The lowest BCUT2D eigenvalue weighted by atomic mass is 10.2. The zero-order chi connectivity index (χ0) is 12.3. The van der Waals surface area contributed by atoms with E-state index < -0.39 is 0 Å². The molecule has 0 aliphatic rings. The van der Waals surface area contributed by atoms with Crippen LogP contribution in [-0.2, 0) is 6.61 Å². The predicted molar refractivity (Wildman–Crippen MR) is 65.1 cm³/mol. The molecule has 17 heavy (non-hydrogen) atoms. The van der Waals surface area contributed by atoms with Gasteiger partial charge in [-0.15, -0.1) is 0 Å². The Balaban J connectivity index is 1.97. The van der Waals surface area contributed by atoms with Crippen LogP contribution in [0.3, 0.4) is 0 Å². The number of benzene rings is 1. The third kappa shape index (κ3) is 3.14. The maximum absolute atomic E-state index is 12.7. The molecule has 0 fully saturated rings. The lowest BCUT2D eigenvalue weighted by Crippen LogP contribution is -1.93. The molecule has 2 rings (SSSR count). The first-order chi connectivity index (χ1) is 8.15. The Bertz CT molecular complexity index is 516. The van der Waals surface area contributed by atoms with Crippen LogP contribution < -0.4 is 4.74 Å². The number of ether oxygens (including phenoxy) is 1. The molecule has 1 heterocycles. The van der Waals surface area contributed by atoms with E-state index in [0.29, 0.717) is 16.5 Å². The molecule has 0 unspecified atom stereocenters. The summed E-state index contributed by atoms with van der Waals surface area (Å²) in [6.45, 7) is 1.90. The first-order valence-electron chi connectivity index (χ1n) is 5.13. The molecule has 0 saturated heterocycles. The van der Waals surface area contributed by atoms with E-state index in [0.717, 1.165) is 5.56 Å². The van der Waals surface area contributed by atoms with Gasteiger partial charge in [0.25, 0.3) is 0 Å². The summed E-state index contributed by atoms with van der Waals surface area (Å²) in [6, 6.07) is 9.66. The number of rotatable bonds is 4. The van der Waals surface area contributed by atoms with Gasteiger partial charge in [-0.1, -0.05) is 23.5 Å². The van der Waals surface area contributed by atoms with Crippen molar-refractivity contribution in [2.24, 2.45) is 0 Å². The highest BCUT2D eigenvalue weighted by atomic mass is 32.1. The smallest absolute Gasteiger partial charge is 0.174 e. The van der Waals surface area contributed by atoms with E-state index in [-0.39, 0.29) is 11.6 Å². The fourth-order valence-electron chi connectivity index (χ4n) is 1.32. The molecule has 0 N–H and O–H groups in total. The molecule has 0 spiro atoms. The van der Waals surface area contributed by atoms with Crippen LogP contribution in [-0.4, -0.2) is 5.78 Å². The second-order valence-corrected chi connectivity index (χ2v) is 4.64. The van der Waals surface area contributed by atoms with Gasteiger partial charge in [0.2, 0.25) is 0 Å². The molecule has 88 valence electrons. The lowest BCUT2D eigenvalue weighted by molar-refractivity contribution is 0.102. The van der Waals surface area contributed by atoms with Gasteiger partial charge < -0.3 is 4.74 Å². The van der Waals surface area contributed by atoms with Gasteiger partial charge in [0, 0.05) is 0 Å². The SMILES string of the molecule is CC(=O)c1ccc(OCc2ccc(F)cc2)s1. The van der Waals surface area contributed by atoms with Gasteiger partial charge in [-0.25, -0.2) is 4.39 Å². The number of carbonyl (C=O) groups excluding carboxylic acids is 1. The molecule has 2 aromatic rings. The van der Waals surface area contributed by atoms with Gasteiger partial charge in [0.15, 0.2) is 10.8 Å². The summed E-state index contributed by atoms with van der Waals surface area (Å²) in [5.41, 5.74) is 0.893. The minimum Gasteiger partial charge on any atom is -0.479 e. The second-order valence-electron chi connectivity index (χ2n) is 3.59. The molecule has 2 nitrogen and oxygen atoms in total. The average Bonchev–Trinajstić information content (AvgIpc) is 2.77. The van der Waals surface area contributed by atoms with E-state index in [1.165, 1.54) is 30.4 Å². The summed E-state index contributed by atoms with van der Waals surface area (Å²) in [7, 11) is 0. The number of halogens is 1. The van der Waals surface area contributed by atoms with Gasteiger partial charge in [-0.05, 0) is 36.8 Å². The molecule has 0 saturated carbocycles. The first kappa shape index (κ1) is 11.8. The molecular formula is C13H11FO2S. The van der Waals surface area contributed by atoms with E-state index in [2.05, 4.69) is 0 Å². The Morgan fingerprint density at radius 2 is 1.94 bits per heavy atom. The fraction of sp³-hybridized carbons (Fsp3) is 0.154. The highest BCUT2D eigenvalue weighted by molar-refractivity contribution is 7.15. The van der Waals surface area contributed by atoms with Gasteiger partial charge in [0.05, 0.1) is 4.88 Å². The van der Waals surface area contributed by atoms with Crippen LogP contribution in [0, 0.1) is 5.82 Å². The van der Waals surface area contributed by atoms with Crippen molar-refractivity contribution in [2.45, 2.75) is 13.5 Å². The molecule has 0 atom stereocenters. The highest BCUT2D eigenvalue weighted by Crippen LogP contribution is 2.25. The quantitative estimate of drug-likeness (QED) is 0.774. The van der Waals surface area contributed by atoms with Gasteiger partial charge in [-0.3, -0.25) is 4.79 Å². The van der Waals surface area contributed by atoms with Crippen molar-refractivity contribution >= 4 is 17.1 Å². The standard InChI is InChI=1S/C13H11FO2S/c1-9(15)12-6-7-13(17-12)16-8-10-2-4-11(14)5-3-10/h2-7H,8H2,1H3. The Morgan fingerprint density at radius 1 is 1.24 bits per heavy atom. The van der Waals surface area contributed by atoms with Crippen molar-refractivity contribution in [3.8, 4) is 5.06 Å². The highest BCUT2D eigenvalue weighted by Gasteiger charge is 2.05. The van der Waals surface area contributed by atoms with Crippen LogP contribution in [0.2, 0.25) is 0 Å². The summed E-state index contributed by atoms with van der Waals surface area (Å²) in [5, 5.41) is 0.694. The predicted octanol–water partition coefficient (Wildman–Crippen LogP) is 3.67. The number of thiophene rings is 1. The molecule has 0 bridgehead atoms. The topological polar surface area (TPSA) is 26.3 Å². The molecule has 0 aliphatic heterocycles. The molecule has 0 amide bonds. The third-order valence-corrected chi connectivity index (χ3v) is 3.32. The summed E-state index contributed by atoms with van der Waals surface area (Å²) in [4.78, 5) is 11.8. The van der Waals surface area contributed by atoms with E-state index in [4.69, 9.17) is 4.74 Å². The van der Waals surface area contributed by atoms with E-state index >= 15 is 0 Å². The first-order valence-corrected chi connectivity index (χ1v) is 5.95. The Hall–Kier alpha value is -1.68. The fourth-order valence-corrected chi connectivity index (χ4v) is 2.07. The van der Waals surface area contributed by atoms with Crippen LogP contribution >= 0.6 is 11.3 Å². The van der Waals surface area contributed by atoms with Crippen molar-refractivity contribution in [2.75, 3.05) is 0 Å². The number of carbonyl (C=O) groups is 1. The monoisotopic (exact) mass is 250 g/mol. The zero-order valence-electron chi connectivity index (χ0n) is 9.27. The van der Waals surface area contributed by atoms with Gasteiger partial charge in [0.1, 0.15) is 12.4 Å². The number of hydrogen-bond donors (Lipinski definition) is 0. The number of Topliss-reactive ketones (excluding diaryl/α,β-unsaturated/α-hetero) is 1. The average molecular weight is 250 g/mol. The molecule has 1 aromatic heterocycles. The van der Waals surface area contributed by atoms with Crippen molar-refractivity contribution in [3.05, 3.63) is 52.7 Å². The van der Waals surface area contributed by atoms with Gasteiger partial charge in [-0.2, -0.15) is 0 Å². The Kier molecular flexibility index (Phi) is 3.54. The van der Waals surface area contributed by atoms with Gasteiger partial charge >= 0.3 is 0 Å². The molecule has 0 radical (unpaired) electrons. The second kappa shape index (κ2) is 5.10. The van der Waals surface area contributed by atoms with Crippen LogP contribution in [0.15, 0.2) is 36.4 Å². The Labute approximate surface area is 103 Å². The summed E-state index contributed by atoms with van der Waals surface area (Å²) in [5.74, 6) is -0.227. The van der Waals surface area contributed by atoms with Crippen LogP contribution in [0.25, 0.3) is 0 Å². The van der Waals surface area contributed by atoms with Crippen molar-refractivity contribution < 1.29 is 13.9 Å². The van der Waals surface area contributed by atoms with Crippen LogP contribution in [0.5, 0.6) is 5.06 Å². The lowest BCUT2D eigenvalue weighted by Gasteiger charge is -2.02. The maximum Gasteiger partial charge on any atom is 0.174 e. The third-order valence-electron chi connectivity index (χ3n) is 2.22. The van der Waals surface area contributed by atoms with Crippen LogP contribution in [0.4, 0.5) is 4.39 Å². The minimum atomic E-state index is -0.260. The van der Waals surface area contributed by atoms with Crippen molar-refractivity contribution in [1.29, 1.82) is 0 Å². The normalized spacial score (nSPS) is 10.2. The molecular weight excluding hydrogens is 239 g/mol. The van der Waals surface area contributed by atoms with E-state index in [9.17, 15) is 9.18 Å². The number of ketones is 1. The van der Waals surface area contributed by atoms with Crippen molar-refractivity contribution in [1.82, 2.24) is 0 Å². The number of hydrogen-bond acceptors (Lipinski definition) is 3. The van der Waals surface area contributed by atoms with E-state index in [1.807, 2.05) is 0 Å². The summed E-state index contributed by atoms with van der Waals surface area (Å²) in [6.07, 6.45) is 0. The van der Waals surface area contributed by atoms with Crippen molar-refractivity contribution in [3.63, 3.8) is 0 Å². The zero-order valence-corrected chi connectivity index (χ0v) is 10.1. The largest absolute Gasteiger partial charge is 0.479 e. The minimum absolute atomic E-state index is 0.0339. The molecule has 4 heteroatoms. The molecule has 0 aliphatic carbocycles. The molecule has 1 aromatic carbocycles. The summed E-state index contributed by atoms with van der Waals surface area (Å²) < 4.78 is 18.2. The summed E-state index contributed by atoms with van der Waals surface area (Å²) >= 11 is 1.32. The van der Waals surface area contributed by atoms with E-state index in [1.54, 1.807) is 24.3 Å².